The molecule has 3 heteroatoms. The summed E-state index contributed by atoms with van der Waals surface area (Å²) >= 11 is 0. The van der Waals surface area contributed by atoms with Gasteiger partial charge in [0.2, 0.25) is 0 Å². The molecule has 0 heterocycles. The van der Waals surface area contributed by atoms with Gasteiger partial charge in [-0.25, -0.2) is 4.79 Å². The number of rotatable bonds is 10. The molecule has 2 unspecified atom stereocenters. The molecule has 6 aromatic rings. The minimum atomic E-state index is -0.771. The van der Waals surface area contributed by atoms with E-state index in [0.29, 0.717) is 23.3 Å². The minimum absolute atomic E-state index is 0.374. The maximum absolute atomic E-state index is 12.5. The molecule has 2 atom stereocenters. The fourth-order valence-corrected chi connectivity index (χ4v) is 6.16. The van der Waals surface area contributed by atoms with Crippen molar-refractivity contribution in [2.45, 2.75) is 38.5 Å². The van der Waals surface area contributed by atoms with E-state index in [4.69, 9.17) is 9.47 Å². The highest BCUT2D eigenvalue weighted by Crippen LogP contribution is 2.32. The van der Waals surface area contributed by atoms with E-state index in [1.54, 1.807) is 24.3 Å². The van der Waals surface area contributed by atoms with Crippen LogP contribution in [0.2, 0.25) is 0 Å². The van der Waals surface area contributed by atoms with E-state index in [1.165, 1.54) is 22.3 Å². The molecule has 0 N–H and O–H groups in total. The maximum atomic E-state index is 12.5. The van der Waals surface area contributed by atoms with Gasteiger partial charge in [-0.15, -0.1) is 0 Å². The van der Waals surface area contributed by atoms with Crippen LogP contribution in [-0.2, 0) is 0 Å². The summed E-state index contributed by atoms with van der Waals surface area (Å²) in [6.45, 7) is 4.44. The minimum Gasteiger partial charge on any atom is -0.395 e. The number of hydrogen-bond acceptors (Lipinski definition) is 3. The molecule has 0 aromatic heterocycles. The SMILES string of the molecule is CCC(c1ccccc1)c1ccc(-c2ccc(OC(=O)Oc3ccc(-c4ccc(C(CC)c5ccccc5)cc4)cc3)cc2)cc1. The number of ether oxygens (including phenoxy) is 2. The first-order valence-electron chi connectivity index (χ1n) is 16.0. The van der Waals surface area contributed by atoms with Gasteiger partial charge >= 0.3 is 6.16 Å². The molecule has 0 saturated heterocycles. The third-order valence-electron chi connectivity index (χ3n) is 8.62. The summed E-state index contributed by atoms with van der Waals surface area (Å²) in [4.78, 5) is 12.5. The van der Waals surface area contributed by atoms with E-state index in [-0.39, 0.29) is 0 Å². The summed E-state index contributed by atoms with van der Waals surface area (Å²) in [5.41, 5.74) is 9.58. The molecule has 3 nitrogen and oxygen atoms in total. The van der Waals surface area contributed by atoms with Crippen LogP contribution in [0.25, 0.3) is 22.3 Å². The Balaban J connectivity index is 1.04. The third kappa shape index (κ3) is 7.27. The summed E-state index contributed by atoms with van der Waals surface area (Å²) < 4.78 is 10.9. The number of carbonyl (C=O) groups excluding carboxylic acids is 1. The molecular weight excluding hydrogens is 564 g/mol. The first kappa shape index (κ1) is 30.6. The maximum Gasteiger partial charge on any atom is 0.519 e. The zero-order chi connectivity index (χ0) is 31.7. The topological polar surface area (TPSA) is 35.5 Å². The van der Waals surface area contributed by atoms with E-state index in [1.807, 2.05) is 24.3 Å². The summed E-state index contributed by atoms with van der Waals surface area (Å²) in [6.07, 6.45) is 1.31. The van der Waals surface area contributed by atoms with E-state index >= 15 is 0 Å². The summed E-state index contributed by atoms with van der Waals surface area (Å²) in [5, 5.41) is 0. The Bertz CT molecular complexity index is 1690. The first-order chi connectivity index (χ1) is 22.6. The van der Waals surface area contributed by atoms with E-state index < -0.39 is 6.16 Å². The van der Waals surface area contributed by atoms with Gasteiger partial charge < -0.3 is 9.47 Å². The molecule has 0 amide bonds. The van der Waals surface area contributed by atoms with Gasteiger partial charge in [-0.3, -0.25) is 0 Å². The zero-order valence-corrected chi connectivity index (χ0v) is 26.3. The van der Waals surface area contributed by atoms with E-state index in [0.717, 1.165) is 35.1 Å². The Morgan fingerprint density at radius 3 is 1.00 bits per heavy atom. The van der Waals surface area contributed by atoms with Gasteiger partial charge in [0.25, 0.3) is 0 Å². The smallest absolute Gasteiger partial charge is 0.395 e. The van der Waals surface area contributed by atoms with E-state index in [2.05, 4.69) is 123 Å². The Labute approximate surface area is 272 Å². The molecule has 0 aliphatic rings. The van der Waals surface area contributed by atoms with Crippen molar-refractivity contribution in [3.63, 3.8) is 0 Å². The molecule has 0 radical (unpaired) electrons. The van der Waals surface area contributed by atoms with Crippen molar-refractivity contribution in [3.05, 3.63) is 180 Å². The summed E-state index contributed by atoms with van der Waals surface area (Å²) in [7, 11) is 0. The molecule has 0 spiro atoms. The first-order valence-corrected chi connectivity index (χ1v) is 16.0. The zero-order valence-electron chi connectivity index (χ0n) is 26.3. The van der Waals surface area contributed by atoms with Gasteiger partial charge in [-0.1, -0.05) is 147 Å². The standard InChI is InChI=1S/C43H38O3/c1-3-41(35-11-7-5-8-12-35)37-19-15-31(16-20-37)33-23-27-39(28-24-33)45-43(44)46-40-29-25-34(26-30-40)32-17-21-38(22-18-32)42(4-2)36-13-9-6-10-14-36/h5-30,41-42H,3-4H2,1-2H3. The van der Waals surface area contributed by atoms with Crippen molar-refractivity contribution in [2.24, 2.45) is 0 Å². The highest BCUT2D eigenvalue weighted by Gasteiger charge is 2.14. The fraction of sp³-hybridized carbons (Fsp3) is 0.140. The lowest BCUT2D eigenvalue weighted by molar-refractivity contribution is 0.152. The monoisotopic (exact) mass is 602 g/mol. The van der Waals surface area contributed by atoms with Gasteiger partial charge in [0.05, 0.1) is 0 Å². The molecular formula is C43H38O3. The summed E-state index contributed by atoms with van der Waals surface area (Å²) in [6, 6.07) is 53.6. The van der Waals surface area contributed by atoms with Crippen molar-refractivity contribution in [1.82, 2.24) is 0 Å². The van der Waals surface area contributed by atoms with Crippen molar-refractivity contribution in [2.75, 3.05) is 0 Å². The second kappa shape index (κ2) is 14.6. The Morgan fingerprint density at radius 1 is 0.413 bits per heavy atom. The Morgan fingerprint density at radius 2 is 0.696 bits per heavy atom. The molecule has 0 fully saturated rings. The Kier molecular flexibility index (Phi) is 9.70. The van der Waals surface area contributed by atoms with Crippen molar-refractivity contribution >= 4 is 6.16 Å². The predicted molar refractivity (Wildman–Crippen MR) is 188 cm³/mol. The van der Waals surface area contributed by atoms with Crippen LogP contribution in [0.15, 0.2) is 158 Å². The third-order valence-corrected chi connectivity index (χ3v) is 8.62. The molecule has 228 valence electrons. The number of hydrogen-bond donors (Lipinski definition) is 0. The lowest BCUT2D eigenvalue weighted by Crippen LogP contribution is -2.13. The lowest BCUT2D eigenvalue weighted by Gasteiger charge is -2.16. The average Bonchev–Trinajstić information content (AvgIpc) is 3.11. The van der Waals surface area contributed by atoms with E-state index in [9.17, 15) is 4.79 Å². The molecule has 0 aliphatic heterocycles. The molecule has 0 bridgehead atoms. The Hall–Kier alpha value is -5.41. The van der Waals surface area contributed by atoms with Crippen molar-refractivity contribution in [1.29, 1.82) is 0 Å². The quantitative estimate of drug-likeness (QED) is 0.116. The summed E-state index contributed by atoms with van der Waals surface area (Å²) in [5.74, 6) is 1.61. The molecule has 6 aromatic carbocycles. The second-order valence-electron chi connectivity index (χ2n) is 11.5. The average molecular weight is 603 g/mol. The fourth-order valence-electron chi connectivity index (χ4n) is 6.16. The van der Waals surface area contributed by atoms with Crippen LogP contribution >= 0.6 is 0 Å². The largest absolute Gasteiger partial charge is 0.519 e. The van der Waals surface area contributed by atoms with Crippen LogP contribution < -0.4 is 9.47 Å². The van der Waals surface area contributed by atoms with Gasteiger partial charge in [-0.05, 0) is 81.6 Å². The van der Waals surface area contributed by atoms with Crippen LogP contribution in [0, 0.1) is 0 Å². The van der Waals surface area contributed by atoms with Crippen molar-refractivity contribution in [3.8, 4) is 33.8 Å². The van der Waals surface area contributed by atoms with Gasteiger partial charge in [0.1, 0.15) is 11.5 Å². The van der Waals surface area contributed by atoms with Gasteiger partial charge in [0.15, 0.2) is 0 Å². The number of benzene rings is 6. The van der Waals surface area contributed by atoms with Crippen LogP contribution in [0.3, 0.4) is 0 Å². The molecule has 0 aliphatic carbocycles. The van der Waals surface area contributed by atoms with Gasteiger partial charge in [0, 0.05) is 11.8 Å². The van der Waals surface area contributed by atoms with Gasteiger partial charge in [-0.2, -0.15) is 0 Å². The van der Waals surface area contributed by atoms with Crippen LogP contribution in [-0.4, -0.2) is 6.16 Å². The predicted octanol–water partition coefficient (Wildman–Crippen LogP) is 11.7. The molecule has 46 heavy (non-hydrogen) atoms. The number of carbonyl (C=O) groups is 1. The highest BCUT2D eigenvalue weighted by atomic mass is 16.7. The molecule has 0 saturated carbocycles. The van der Waals surface area contributed by atoms with Crippen molar-refractivity contribution < 1.29 is 14.3 Å². The van der Waals surface area contributed by atoms with Crippen LogP contribution in [0.5, 0.6) is 11.5 Å². The second-order valence-corrected chi connectivity index (χ2v) is 11.5. The van der Waals surface area contributed by atoms with Crippen LogP contribution in [0.1, 0.15) is 60.8 Å². The highest BCUT2D eigenvalue weighted by molar-refractivity contribution is 5.70. The normalized spacial score (nSPS) is 12.2. The van der Waals surface area contributed by atoms with Crippen LogP contribution in [0.4, 0.5) is 4.79 Å². The lowest BCUT2D eigenvalue weighted by atomic mass is 9.88. The molecule has 6 rings (SSSR count).